The van der Waals surface area contributed by atoms with Crippen LogP contribution in [0.25, 0.3) is 5.82 Å². The molecule has 0 saturated heterocycles. The summed E-state index contributed by atoms with van der Waals surface area (Å²) in [6.45, 7) is 2.68. The zero-order valence-electron chi connectivity index (χ0n) is 14.4. The number of hydrogen-bond acceptors (Lipinski definition) is 6. The quantitative estimate of drug-likeness (QED) is 0.681. The van der Waals surface area contributed by atoms with Crippen molar-refractivity contribution in [2.24, 2.45) is 0 Å². The number of alkyl halides is 3. The van der Waals surface area contributed by atoms with Crippen molar-refractivity contribution in [2.75, 3.05) is 0 Å². The summed E-state index contributed by atoms with van der Waals surface area (Å²) in [6, 6.07) is 9.60. The van der Waals surface area contributed by atoms with E-state index in [0.717, 1.165) is 12.0 Å². The average Bonchev–Trinajstić information content (AvgIpc) is 3.09. The van der Waals surface area contributed by atoms with E-state index in [2.05, 4.69) is 30.6 Å². The molecule has 0 aliphatic heterocycles. The van der Waals surface area contributed by atoms with Crippen molar-refractivity contribution in [1.82, 2.24) is 30.5 Å². The van der Waals surface area contributed by atoms with Crippen molar-refractivity contribution in [2.45, 2.75) is 32.8 Å². The molecule has 10 heteroatoms. The maximum atomic E-state index is 12.3. The lowest BCUT2D eigenvalue weighted by Gasteiger charge is -2.10. The fourth-order valence-electron chi connectivity index (χ4n) is 2.46. The van der Waals surface area contributed by atoms with Crippen LogP contribution >= 0.6 is 0 Å². The highest BCUT2D eigenvalue weighted by molar-refractivity contribution is 5.29. The second-order valence-electron chi connectivity index (χ2n) is 5.68. The summed E-state index contributed by atoms with van der Waals surface area (Å²) in [4.78, 5) is 4.27. The van der Waals surface area contributed by atoms with Crippen LogP contribution in [0.2, 0.25) is 0 Å². The number of nitrogens with one attached hydrogen (secondary N) is 1. The predicted molar refractivity (Wildman–Crippen MR) is 90.0 cm³/mol. The molecule has 1 aromatic carbocycles. The van der Waals surface area contributed by atoms with Crippen LogP contribution in [-0.2, 0) is 19.5 Å². The van der Waals surface area contributed by atoms with Gasteiger partial charge in [-0.3, -0.25) is 0 Å². The van der Waals surface area contributed by atoms with Gasteiger partial charge in [0.15, 0.2) is 11.6 Å². The molecule has 142 valence electrons. The molecule has 7 nitrogen and oxygen atoms in total. The van der Waals surface area contributed by atoms with Gasteiger partial charge < -0.3 is 10.1 Å². The number of nitrogens with zero attached hydrogens (tertiary/aromatic N) is 5. The minimum absolute atomic E-state index is 0.257. The smallest absolute Gasteiger partial charge is 0.406 e. The maximum Gasteiger partial charge on any atom is 0.573 e. The fraction of sp³-hybridized carbons (Fsp3) is 0.294. The largest absolute Gasteiger partial charge is 0.573 e. The summed E-state index contributed by atoms with van der Waals surface area (Å²) in [7, 11) is 0. The molecular weight excluding hydrogens is 361 g/mol. The van der Waals surface area contributed by atoms with E-state index in [4.69, 9.17) is 0 Å². The van der Waals surface area contributed by atoms with Crippen LogP contribution in [0.15, 0.2) is 42.6 Å². The molecule has 3 rings (SSSR count). The summed E-state index contributed by atoms with van der Waals surface area (Å²) < 4.78 is 42.3. The Morgan fingerprint density at radius 2 is 1.96 bits per heavy atom. The van der Waals surface area contributed by atoms with Crippen LogP contribution in [0.5, 0.6) is 5.75 Å². The van der Waals surface area contributed by atoms with Crippen LogP contribution in [0.1, 0.15) is 23.9 Å². The molecule has 0 aliphatic carbocycles. The lowest BCUT2D eigenvalue weighted by atomic mass is 10.2. The Labute approximate surface area is 153 Å². The Balaban J connectivity index is 1.64. The van der Waals surface area contributed by atoms with Crippen LogP contribution in [-0.4, -0.2) is 31.6 Å². The Kier molecular flexibility index (Phi) is 5.65. The Hall–Kier alpha value is -3.01. The predicted octanol–water partition coefficient (Wildman–Crippen LogP) is 2.81. The molecule has 1 N–H and O–H groups in total. The SMILES string of the molecule is CCc1ccnc(-n2nnnc2CNCc2cccc(OC(F)(F)F)c2)c1. The van der Waals surface area contributed by atoms with Gasteiger partial charge in [-0.05, 0) is 52.2 Å². The number of halogens is 3. The van der Waals surface area contributed by atoms with Gasteiger partial charge in [0.05, 0.1) is 6.54 Å². The van der Waals surface area contributed by atoms with Gasteiger partial charge in [0, 0.05) is 12.7 Å². The lowest BCUT2D eigenvalue weighted by molar-refractivity contribution is -0.274. The van der Waals surface area contributed by atoms with Gasteiger partial charge in [0.2, 0.25) is 0 Å². The highest BCUT2D eigenvalue weighted by atomic mass is 19.4. The topological polar surface area (TPSA) is 77.8 Å². The number of tetrazole rings is 1. The highest BCUT2D eigenvalue weighted by Crippen LogP contribution is 2.23. The van der Waals surface area contributed by atoms with Crippen molar-refractivity contribution in [3.05, 3.63) is 59.5 Å². The first kappa shape index (κ1) is 18.8. The summed E-state index contributed by atoms with van der Waals surface area (Å²) in [5, 5.41) is 14.7. The van der Waals surface area contributed by atoms with Crippen molar-refractivity contribution < 1.29 is 17.9 Å². The molecule has 27 heavy (non-hydrogen) atoms. The van der Waals surface area contributed by atoms with E-state index in [0.29, 0.717) is 30.3 Å². The molecule has 2 aromatic heterocycles. The third kappa shape index (κ3) is 5.23. The highest BCUT2D eigenvalue weighted by Gasteiger charge is 2.31. The van der Waals surface area contributed by atoms with E-state index in [-0.39, 0.29) is 5.75 Å². The second-order valence-corrected chi connectivity index (χ2v) is 5.68. The van der Waals surface area contributed by atoms with Gasteiger partial charge in [-0.2, -0.15) is 4.68 Å². The molecule has 0 saturated carbocycles. The molecule has 0 bridgehead atoms. The standard InChI is InChI=1S/C17H17F3N6O/c1-2-12-6-7-22-15(9-12)26-16(23-24-25-26)11-21-10-13-4-3-5-14(8-13)27-17(18,19)20/h3-9,21H,2,10-11H2,1H3. The second kappa shape index (κ2) is 8.12. The molecule has 2 heterocycles. The van der Waals surface area contributed by atoms with E-state index in [1.807, 2.05) is 19.1 Å². The van der Waals surface area contributed by atoms with Gasteiger partial charge in [-0.15, -0.1) is 18.3 Å². The molecule has 0 atom stereocenters. The molecule has 0 amide bonds. The number of benzene rings is 1. The van der Waals surface area contributed by atoms with E-state index in [9.17, 15) is 13.2 Å². The lowest BCUT2D eigenvalue weighted by Crippen LogP contribution is -2.18. The molecule has 0 unspecified atom stereocenters. The van der Waals surface area contributed by atoms with Crippen molar-refractivity contribution >= 4 is 0 Å². The van der Waals surface area contributed by atoms with E-state index >= 15 is 0 Å². The van der Waals surface area contributed by atoms with Crippen molar-refractivity contribution in [3.63, 3.8) is 0 Å². The minimum Gasteiger partial charge on any atom is -0.406 e. The first-order chi connectivity index (χ1) is 12.9. The average molecular weight is 378 g/mol. The Morgan fingerprint density at radius 3 is 2.74 bits per heavy atom. The molecular formula is C17H17F3N6O. The van der Waals surface area contributed by atoms with Crippen LogP contribution in [0.3, 0.4) is 0 Å². The number of ether oxygens (including phenoxy) is 1. The summed E-state index contributed by atoms with van der Waals surface area (Å²) in [6.07, 6.45) is -2.16. The summed E-state index contributed by atoms with van der Waals surface area (Å²) in [5.41, 5.74) is 1.75. The van der Waals surface area contributed by atoms with E-state index < -0.39 is 6.36 Å². The fourth-order valence-corrected chi connectivity index (χ4v) is 2.46. The molecule has 0 radical (unpaired) electrons. The summed E-state index contributed by atoms with van der Waals surface area (Å²) >= 11 is 0. The third-order valence-electron chi connectivity index (χ3n) is 3.71. The third-order valence-corrected chi connectivity index (χ3v) is 3.71. The molecule has 3 aromatic rings. The van der Waals surface area contributed by atoms with Gasteiger partial charge in [-0.1, -0.05) is 19.1 Å². The normalized spacial score (nSPS) is 11.6. The minimum atomic E-state index is -4.71. The molecule has 0 aliphatic rings. The number of rotatable bonds is 7. The monoisotopic (exact) mass is 378 g/mol. The van der Waals surface area contributed by atoms with Crippen molar-refractivity contribution in [1.29, 1.82) is 0 Å². The first-order valence-corrected chi connectivity index (χ1v) is 8.22. The number of hydrogen-bond donors (Lipinski definition) is 1. The van der Waals surface area contributed by atoms with Crippen LogP contribution in [0, 0.1) is 0 Å². The van der Waals surface area contributed by atoms with Gasteiger partial charge in [0.25, 0.3) is 0 Å². The zero-order valence-corrected chi connectivity index (χ0v) is 14.4. The number of aromatic nitrogens is 5. The molecule has 0 fully saturated rings. The summed E-state index contributed by atoms with van der Waals surface area (Å²) in [5.74, 6) is 0.891. The van der Waals surface area contributed by atoms with Crippen molar-refractivity contribution in [3.8, 4) is 11.6 Å². The number of aryl methyl sites for hydroxylation is 1. The van der Waals surface area contributed by atoms with E-state index in [1.54, 1.807) is 12.3 Å². The zero-order chi connectivity index (χ0) is 19.3. The Bertz CT molecular complexity index is 896. The molecule has 0 spiro atoms. The van der Waals surface area contributed by atoms with Crippen LogP contribution in [0.4, 0.5) is 13.2 Å². The van der Waals surface area contributed by atoms with Gasteiger partial charge in [0.1, 0.15) is 5.75 Å². The Morgan fingerprint density at radius 1 is 1.11 bits per heavy atom. The number of pyridine rings is 1. The van der Waals surface area contributed by atoms with Gasteiger partial charge >= 0.3 is 6.36 Å². The maximum absolute atomic E-state index is 12.3. The first-order valence-electron chi connectivity index (χ1n) is 8.22. The van der Waals surface area contributed by atoms with Crippen LogP contribution < -0.4 is 10.1 Å². The van der Waals surface area contributed by atoms with E-state index in [1.165, 1.54) is 22.9 Å². The van der Waals surface area contributed by atoms with Gasteiger partial charge in [-0.25, -0.2) is 4.98 Å².